The van der Waals surface area contributed by atoms with Gasteiger partial charge in [-0.25, -0.2) is 4.79 Å². The summed E-state index contributed by atoms with van der Waals surface area (Å²) in [5.41, 5.74) is 0.396. The van der Waals surface area contributed by atoms with Gasteiger partial charge in [-0.05, 0) is 39.0 Å². The molecule has 0 aromatic carbocycles. The van der Waals surface area contributed by atoms with E-state index in [1.807, 2.05) is 51.1 Å². The Kier molecular flexibility index (Phi) is 4.69. The van der Waals surface area contributed by atoms with Crippen molar-refractivity contribution in [2.75, 3.05) is 6.54 Å². The lowest BCUT2D eigenvalue weighted by molar-refractivity contribution is 0.0534. The maximum absolute atomic E-state index is 11.3. The van der Waals surface area contributed by atoms with Crippen molar-refractivity contribution < 1.29 is 9.53 Å². The topological polar surface area (TPSA) is 51.2 Å². The molecule has 0 spiro atoms. The number of amides is 1. The van der Waals surface area contributed by atoms with Crippen LogP contribution >= 0.6 is 0 Å². The molecule has 1 aromatic heterocycles. The van der Waals surface area contributed by atoms with Gasteiger partial charge in [0.1, 0.15) is 5.60 Å². The Morgan fingerprint density at radius 1 is 1.47 bits per heavy atom. The molecular formula is C13H18N2O2. The molecule has 92 valence electrons. The predicted octanol–water partition coefficient (Wildman–Crippen LogP) is 2.62. The summed E-state index contributed by atoms with van der Waals surface area (Å²) in [6, 6.07) is 5.66. The number of aromatic nitrogens is 1. The molecule has 0 unspecified atom stereocenters. The van der Waals surface area contributed by atoms with Gasteiger partial charge in [0.25, 0.3) is 0 Å². The van der Waals surface area contributed by atoms with Crippen LogP contribution in [-0.2, 0) is 4.74 Å². The third-order valence-electron chi connectivity index (χ3n) is 1.74. The van der Waals surface area contributed by atoms with Gasteiger partial charge in [0.2, 0.25) is 0 Å². The molecule has 0 fully saturated rings. The normalized spacial score (nSPS) is 11.5. The minimum atomic E-state index is -0.464. The number of hydrogen-bond acceptors (Lipinski definition) is 3. The fourth-order valence-electron chi connectivity index (χ4n) is 1.11. The molecular weight excluding hydrogens is 216 g/mol. The van der Waals surface area contributed by atoms with E-state index < -0.39 is 11.7 Å². The van der Waals surface area contributed by atoms with E-state index in [-0.39, 0.29) is 0 Å². The van der Waals surface area contributed by atoms with Crippen molar-refractivity contribution in [3.8, 4) is 0 Å². The van der Waals surface area contributed by atoms with Crippen LogP contribution in [0, 0.1) is 0 Å². The van der Waals surface area contributed by atoms with Crippen molar-refractivity contribution in [1.29, 1.82) is 0 Å². The van der Waals surface area contributed by atoms with E-state index in [1.165, 1.54) is 0 Å². The van der Waals surface area contributed by atoms with E-state index in [2.05, 4.69) is 10.3 Å². The Morgan fingerprint density at radius 3 is 2.82 bits per heavy atom. The van der Waals surface area contributed by atoms with E-state index in [1.54, 1.807) is 6.20 Å². The van der Waals surface area contributed by atoms with E-state index >= 15 is 0 Å². The number of ether oxygens (including phenoxy) is 1. The number of alkyl carbamates (subject to hydrolysis) is 1. The lowest BCUT2D eigenvalue weighted by atomic mass is 10.2. The smallest absolute Gasteiger partial charge is 0.407 e. The average Bonchev–Trinajstić information content (AvgIpc) is 2.23. The van der Waals surface area contributed by atoms with Gasteiger partial charge in [-0.15, -0.1) is 0 Å². The highest BCUT2D eigenvalue weighted by Crippen LogP contribution is 2.06. The monoisotopic (exact) mass is 234 g/mol. The van der Waals surface area contributed by atoms with E-state index in [9.17, 15) is 4.79 Å². The van der Waals surface area contributed by atoms with Gasteiger partial charge in [-0.1, -0.05) is 12.1 Å². The number of pyridine rings is 1. The largest absolute Gasteiger partial charge is 0.444 e. The number of hydrogen-bond donors (Lipinski definition) is 1. The zero-order valence-corrected chi connectivity index (χ0v) is 10.4. The number of nitrogens with one attached hydrogen (secondary N) is 1. The quantitative estimate of drug-likeness (QED) is 0.874. The molecule has 4 nitrogen and oxygen atoms in total. The van der Waals surface area contributed by atoms with E-state index in [0.717, 1.165) is 5.69 Å². The van der Waals surface area contributed by atoms with Crippen molar-refractivity contribution in [2.45, 2.75) is 26.4 Å². The number of carbonyl (C=O) groups excluding carboxylic acids is 1. The van der Waals surface area contributed by atoms with Crippen LogP contribution in [0.4, 0.5) is 4.79 Å². The molecule has 0 radical (unpaired) electrons. The fraction of sp³-hybridized carbons (Fsp3) is 0.385. The van der Waals surface area contributed by atoms with Crippen LogP contribution in [0.1, 0.15) is 26.5 Å². The zero-order chi connectivity index (χ0) is 12.7. The molecule has 1 N–H and O–H groups in total. The van der Waals surface area contributed by atoms with Crippen molar-refractivity contribution in [2.24, 2.45) is 0 Å². The summed E-state index contributed by atoms with van der Waals surface area (Å²) in [6.45, 7) is 5.91. The summed E-state index contributed by atoms with van der Waals surface area (Å²) in [5.74, 6) is 0. The highest BCUT2D eigenvalue weighted by Gasteiger charge is 2.14. The van der Waals surface area contributed by atoms with Crippen LogP contribution in [0.2, 0.25) is 0 Å². The first-order chi connectivity index (χ1) is 7.97. The van der Waals surface area contributed by atoms with Crippen LogP contribution in [0.25, 0.3) is 6.08 Å². The first-order valence-electron chi connectivity index (χ1n) is 5.52. The molecule has 1 rings (SSSR count). The van der Waals surface area contributed by atoms with Crippen LogP contribution in [0.5, 0.6) is 0 Å². The summed E-state index contributed by atoms with van der Waals surface area (Å²) < 4.78 is 5.09. The standard InChI is InChI=1S/C13H18N2O2/c1-13(2,3)17-12(16)15-10-6-8-11-7-4-5-9-14-11/h4-9H,10H2,1-3H3,(H,15,16)/b8-6+. The molecule has 0 aliphatic rings. The third kappa shape index (κ3) is 6.35. The van der Waals surface area contributed by atoms with E-state index in [0.29, 0.717) is 6.54 Å². The predicted molar refractivity (Wildman–Crippen MR) is 67.5 cm³/mol. The molecule has 4 heteroatoms. The molecule has 1 heterocycles. The first-order valence-corrected chi connectivity index (χ1v) is 5.52. The van der Waals surface area contributed by atoms with Crippen LogP contribution in [-0.4, -0.2) is 23.2 Å². The van der Waals surface area contributed by atoms with Crippen LogP contribution < -0.4 is 5.32 Å². The molecule has 0 aliphatic carbocycles. The Bertz CT molecular complexity index is 380. The van der Waals surface area contributed by atoms with Crippen LogP contribution in [0.15, 0.2) is 30.5 Å². The molecule has 0 saturated carbocycles. The maximum Gasteiger partial charge on any atom is 0.407 e. The van der Waals surface area contributed by atoms with Crippen molar-refractivity contribution >= 4 is 12.2 Å². The lowest BCUT2D eigenvalue weighted by Crippen LogP contribution is -2.32. The van der Waals surface area contributed by atoms with Crippen molar-refractivity contribution in [3.63, 3.8) is 0 Å². The number of carbonyl (C=O) groups is 1. The molecule has 1 amide bonds. The summed E-state index contributed by atoms with van der Waals surface area (Å²) in [6.07, 6.45) is 4.98. The number of rotatable bonds is 3. The highest BCUT2D eigenvalue weighted by molar-refractivity contribution is 5.68. The molecule has 0 bridgehead atoms. The molecule has 0 aliphatic heterocycles. The Morgan fingerprint density at radius 2 is 2.24 bits per heavy atom. The summed E-state index contributed by atoms with van der Waals surface area (Å²) in [7, 11) is 0. The minimum Gasteiger partial charge on any atom is -0.444 e. The van der Waals surface area contributed by atoms with Gasteiger partial charge in [0.05, 0.1) is 5.69 Å². The summed E-state index contributed by atoms with van der Waals surface area (Å²) in [5, 5.41) is 2.63. The average molecular weight is 234 g/mol. The minimum absolute atomic E-state index is 0.414. The van der Waals surface area contributed by atoms with Gasteiger partial charge in [-0.3, -0.25) is 4.98 Å². The molecule has 1 aromatic rings. The number of nitrogens with zero attached hydrogens (tertiary/aromatic N) is 1. The first kappa shape index (κ1) is 13.2. The Labute approximate surface area is 102 Å². The highest BCUT2D eigenvalue weighted by atomic mass is 16.6. The summed E-state index contributed by atoms with van der Waals surface area (Å²) >= 11 is 0. The van der Waals surface area contributed by atoms with Gasteiger partial charge in [0.15, 0.2) is 0 Å². The zero-order valence-electron chi connectivity index (χ0n) is 10.4. The Hall–Kier alpha value is -1.84. The van der Waals surface area contributed by atoms with Gasteiger partial charge in [0, 0.05) is 12.7 Å². The third-order valence-corrected chi connectivity index (χ3v) is 1.74. The van der Waals surface area contributed by atoms with Crippen molar-refractivity contribution in [3.05, 3.63) is 36.2 Å². The van der Waals surface area contributed by atoms with Gasteiger partial charge >= 0.3 is 6.09 Å². The van der Waals surface area contributed by atoms with Crippen molar-refractivity contribution in [1.82, 2.24) is 10.3 Å². The maximum atomic E-state index is 11.3. The SMILES string of the molecule is CC(C)(C)OC(=O)NC/C=C/c1ccccn1. The van der Waals surface area contributed by atoms with E-state index in [4.69, 9.17) is 4.74 Å². The summed E-state index contributed by atoms with van der Waals surface area (Å²) in [4.78, 5) is 15.4. The second kappa shape index (κ2) is 6.03. The molecule has 0 saturated heterocycles. The van der Waals surface area contributed by atoms with Gasteiger partial charge in [-0.2, -0.15) is 0 Å². The van der Waals surface area contributed by atoms with Gasteiger partial charge < -0.3 is 10.1 Å². The lowest BCUT2D eigenvalue weighted by Gasteiger charge is -2.19. The second-order valence-corrected chi connectivity index (χ2v) is 4.54. The fourth-order valence-corrected chi connectivity index (χ4v) is 1.11. The molecule has 0 atom stereocenters. The van der Waals surface area contributed by atoms with Crippen LogP contribution in [0.3, 0.4) is 0 Å². The second-order valence-electron chi connectivity index (χ2n) is 4.54. The molecule has 17 heavy (non-hydrogen) atoms. The Balaban J connectivity index is 2.29.